The van der Waals surface area contributed by atoms with Gasteiger partial charge in [0.15, 0.2) is 0 Å². The van der Waals surface area contributed by atoms with Crippen LogP contribution >= 0.6 is 0 Å². The number of nitriles is 4. The lowest BCUT2D eigenvalue weighted by Gasteiger charge is -2.14. The molecule has 11 heteroatoms. The van der Waals surface area contributed by atoms with E-state index in [4.69, 9.17) is 19.7 Å². The van der Waals surface area contributed by atoms with Crippen LogP contribution in [0.2, 0.25) is 0 Å². The first-order valence-corrected chi connectivity index (χ1v) is 13.3. The van der Waals surface area contributed by atoms with Crippen LogP contribution in [0.15, 0.2) is 53.9 Å². The zero-order valence-electron chi connectivity index (χ0n) is 24.2. The van der Waals surface area contributed by atoms with Crippen molar-refractivity contribution in [2.75, 3.05) is 0 Å². The first-order chi connectivity index (χ1) is 22.4. The van der Waals surface area contributed by atoms with Crippen LogP contribution in [-0.2, 0) is 6.18 Å². The Bertz CT molecular complexity index is 2390. The Kier molecular flexibility index (Phi) is 7.54. The Morgan fingerprint density at radius 2 is 1.30 bits per heavy atom. The Morgan fingerprint density at radius 3 is 1.79 bits per heavy atom. The number of fused-ring (bicyclic) bond motifs is 2. The summed E-state index contributed by atoms with van der Waals surface area (Å²) in [5.41, 5.74) is -3.54. The van der Waals surface area contributed by atoms with Gasteiger partial charge in [-0.1, -0.05) is 35.4 Å². The average molecular weight is 620 g/mol. The van der Waals surface area contributed by atoms with Gasteiger partial charge in [0, 0.05) is 16.7 Å². The zero-order valence-corrected chi connectivity index (χ0v) is 24.2. The van der Waals surface area contributed by atoms with Crippen LogP contribution in [0.5, 0.6) is 0 Å². The van der Waals surface area contributed by atoms with Gasteiger partial charge in [-0.15, -0.1) is 0 Å². The van der Waals surface area contributed by atoms with E-state index in [2.05, 4.69) is 14.5 Å². The molecule has 0 heterocycles. The number of benzene rings is 3. The second-order valence-corrected chi connectivity index (χ2v) is 10.4. The third kappa shape index (κ3) is 4.69. The third-order valence-corrected chi connectivity index (χ3v) is 7.66. The maximum atomic E-state index is 17.0. The van der Waals surface area contributed by atoms with Crippen LogP contribution in [0, 0.1) is 84.7 Å². The lowest BCUT2D eigenvalue weighted by Crippen LogP contribution is -2.08. The highest BCUT2D eigenvalue weighted by Crippen LogP contribution is 2.56. The van der Waals surface area contributed by atoms with E-state index in [-0.39, 0.29) is 50.2 Å². The Labute approximate surface area is 265 Å². The maximum Gasteiger partial charge on any atom is 0.417 e. The van der Waals surface area contributed by atoms with Crippen molar-refractivity contribution in [3.63, 3.8) is 0 Å². The normalized spacial score (nSPS) is 15.2. The van der Waals surface area contributed by atoms with E-state index in [1.54, 1.807) is 38.1 Å². The number of rotatable bonds is 2. The van der Waals surface area contributed by atoms with Gasteiger partial charge in [0.2, 0.25) is 5.70 Å². The number of aryl methyl sites for hydroxylation is 2. The van der Waals surface area contributed by atoms with Gasteiger partial charge in [-0.05, 0) is 71.0 Å². The molecule has 0 atom stereocenters. The number of allylic oxidation sites excluding steroid dienone is 7. The van der Waals surface area contributed by atoms with Crippen molar-refractivity contribution < 1.29 is 17.6 Å². The fourth-order valence-electron chi connectivity index (χ4n) is 6.00. The minimum Gasteiger partial charge on any atom is -0.237 e. The van der Waals surface area contributed by atoms with Gasteiger partial charge in [0.25, 0.3) is 11.4 Å². The molecular formula is C36H13F4N7. The number of hydrogen-bond donors (Lipinski definition) is 0. The van der Waals surface area contributed by atoms with Crippen LogP contribution in [-0.4, -0.2) is 0 Å². The average Bonchev–Trinajstić information content (AvgIpc) is 3.54. The smallest absolute Gasteiger partial charge is 0.237 e. The Morgan fingerprint density at radius 1 is 0.723 bits per heavy atom. The first kappa shape index (κ1) is 31.2. The van der Waals surface area contributed by atoms with Crippen LogP contribution in [0.3, 0.4) is 0 Å². The molecule has 0 saturated heterocycles. The molecular weight excluding hydrogens is 606 g/mol. The first-order valence-electron chi connectivity index (χ1n) is 13.3. The number of nitrogens with zero attached hydrogens (tertiary/aromatic N) is 7. The fourth-order valence-corrected chi connectivity index (χ4v) is 6.00. The van der Waals surface area contributed by atoms with E-state index in [0.29, 0.717) is 11.6 Å². The molecule has 47 heavy (non-hydrogen) atoms. The summed E-state index contributed by atoms with van der Waals surface area (Å²) in [6.07, 6.45) is -4.89. The number of hydrogen-bond acceptors (Lipinski definition) is 4. The molecule has 0 aromatic heterocycles. The van der Waals surface area contributed by atoms with E-state index in [1.165, 1.54) is 12.1 Å². The summed E-state index contributed by atoms with van der Waals surface area (Å²) >= 11 is 0. The lowest BCUT2D eigenvalue weighted by molar-refractivity contribution is -0.137. The van der Waals surface area contributed by atoms with Gasteiger partial charge in [-0.2, -0.15) is 23.7 Å². The summed E-state index contributed by atoms with van der Waals surface area (Å²) in [6.45, 7) is 27.0. The molecule has 0 unspecified atom stereocenters. The Balaban J connectivity index is 1.98. The summed E-state index contributed by atoms with van der Waals surface area (Å²) in [4.78, 5) is 10.2. The largest absolute Gasteiger partial charge is 0.417 e. The van der Waals surface area contributed by atoms with Gasteiger partial charge >= 0.3 is 6.18 Å². The summed E-state index contributed by atoms with van der Waals surface area (Å²) < 4.78 is 57.8. The molecule has 0 bridgehead atoms. The van der Waals surface area contributed by atoms with E-state index >= 15 is 4.39 Å². The van der Waals surface area contributed by atoms with E-state index in [1.807, 2.05) is 12.1 Å². The number of halogens is 4. The topological polar surface area (TPSA) is 108 Å². The lowest BCUT2D eigenvalue weighted by atomic mass is 9.90. The molecule has 3 aromatic rings. The SMILES string of the molecule is [C-]#[N+]C1=C(c2cc(C)cc(C)c2)/C(=C(/C#N)[N+]#[C-])c2cc3c(c(F)c21)C(C#N)=C(c1ccc(C(F)(F)F)c(C#N)c1)/C3=C(\C#N)[N+]#[C-]. The van der Waals surface area contributed by atoms with E-state index in [9.17, 15) is 34.2 Å². The van der Waals surface area contributed by atoms with Crippen molar-refractivity contribution in [2.45, 2.75) is 20.0 Å². The molecule has 0 spiro atoms. The van der Waals surface area contributed by atoms with E-state index < -0.39 is 45.7 Å². The maximum absolute atomic E-state index is 17.0. The molecule has 7 nitrogen and oxygen atoms in total. The van der Waals surface area contributed by atoms with Gasteiger partial charge in [-0.3, -0.25) is 0 Å². The van der Waals surface area contributed by atoms with Gasteiger partial charge < -0.3 is 0 Å². The van der Waals surface area contributed by atoms with E-state index in [0.717, 1.165) is 23.3 Å². The highest BCUT2D eigenvalue weighted by Gasteiger charge is 2.41. The highest BCUT2D eigenvalue weighted by molar-refractivity contribution is 6.29. The third-order valence-electron chi connectivity index (χ3n) is 7.66. The predicted octanol–water partition coefficient (Wildman–Crippen LogP) is 8.89. The van der Waals surface area contributed by atoms with Crippen molar-refractivity contribution in [2.24, 2.45) is 0 Å². The number of alkyl halides is 3. The Hall–Kier alpha value is -7.23. The summed E-state index contributed by atoms with van der Waals surface area (Å²) in [5.74, 6) is -1.12. The second-order valence-electron chi connectivity index (χ2n) is 10.4. The molecule has 0 aliphatic heterocycles. The summed E-state index contributed by atoms with van der Waals surface area (Å²) in [6, 6.07) is 15.8. The monoisotopic (exact) mass is 619 g/mol. The standard InChI is InChI=1S/C36H13F4N7/c1-17-8-18(2)10-20(9-17)29-32(27(16-44)46-4)23-12-22-30(34(37)33(23)35(29)47-5)24(14-42)28(31(22)26(15-43)45-3)19-6-7-25(36(38,39)40)21(11-19)13-41/h6-12H,1-2H3/b31-26+,32-27-. The van der Waals surface area contributed by atoms with Crippen molar-refractivity contribution >= 4 is 33.6 Å². The van der Waals surface area contributed by atoms with Crippen molar-refractivity contribution in [1.82, 2.24) is 0 Å². The molecule has 0 N–H and O–H groups in total. The summed E-state index contributed by atoms with van der Waals surface area (Å²) in [7, 11) is 0. The summed E-state index contributed by atoms with van der Waals surface area (Å²) in [5, 5.41) is 39.7. The minimum atomic E-state index is -4.89. The highest BCUT2D eigenvalue weighted by atomic mass is 19.4. The molecule has 2 aliphatic rings. The predicted molar refractivity (Wildman–Crippen MR) is 163 cm³/mol. The molecule has 0 fully saturated rings. The fraction of sp³-hybridized carbons (Fsp3) is 0.0833. The molecule has 0 saturated carbocycles. The molecule has 2 aliphatic carbocycles. The van der Waals surface area contributed by atoms with Crippen LogP contribution in [0.25, 0.3) is 48.1 Å². The second kappa shape index (κ2) is 11.4. The molecule has 5 rings (SSSR count). The van der Waals surface area contributed by atoms with Crippen molar-refractivity contribution in [3.8, 4) is 24.3 Å². The molecule has 220 valence electrons. The quantitative estimate of drug-likeness (QED) is 0.162. The van der Waals surface area contributed by atoms with Crippen LogP contribution in [0.1, 0.15) is 55.6 Å². The minimum absolute atomic E-state index is 0.0656. The van der Waals surface area contributed by atoms with Crippen LogP contribution < -0.4 is 0 Å². The molecule has 3 aromatic carbocycles. The molecule has 0 radical (unpaired) electrons. The van der Waals surface area contributed by atoms with Gasteiger partial charge in [-0.25, -0.2) is 29.4 Å². The zero-order chi connectivity index (χ0) is 34.4. The van der Waals surface area contributed by atoms with Crippen LogP contribution in [0.4, 0.5) is 17.6 Å². The van der Waals surface area contributed by atoms with Gasteiger partial charge in [0.1, 0.15) is 11.9 Å². The molecule has 0 amide bonds. The van der Waals surface area contributed by atoms with Crippen molar-refractivity contribution in [1.29, 1.82) is 21.0 Å². The van der Waals surface area contributed by atoms with Crippen molar-refractivity contribution in [3.05, 3.63) is 150 Å². The van der Waals surface area contributed by atoms with Gasteiger partial charge in [0.05, 0.1) is 54.6 Å².